The molecule has 2 atom stereocenters. The third kappa shape index (κ3) is 5.08. The topological polar surface area (TPSA) is 102 Å². The van der Waals surface area contributed by atoms with E-state index in [2.05, 4.69) is 15.2 Å². The van der Waals surface area contributed by atoms with Gasteiger partial charge in [-0.1, -0.05) is 0 Å². The Balaban J connectivity index is 0.00000225. The van der Waals surface area contributed by atoms with Gasteiger partial charge in [0, 0.05) is 26.7 Å². The van der Waals surface area contributed by atoms with E-state index in [-0.39, 0.29) is 41.9 Å². The van der Waals surface area contributed by atoms with Crippen LogP contribution < -0.4 is 11.1 Å². The van der Waals surface area contributed by atoms with Crippen LogP contribution in [0.3, 0.4) is 0 Å². The van der Waals surface area contributed by atoms with Crippen molar-refractivity contribution in [1.82, 2.24) is 10.2 Å². The molecule has 1 aromatic rings. The fourth-order valence-electron chi connectivity index (χ4n) is 3.09. The van der Waals surface area contributed by atoms with Gasteiger partial charge in [-0.25, -0.2) is 0 Å². The number of aliphatic imine (C=N–C) groups is 1. The number of rotatable bonds is 4. The number of hydrogen-bond acceptors (Lipinski definition) is 5. The summed E-state index contributed by atoms with van der Waals surface area (Å²) in [7, 11) is 1.75. The highest BCUT2D eigenvalue weighted by Crippen LogP contribution is 2.21. The Morgan fingerprint density at radius 1 is 1.36 bits per heavy atom. The van der Waals surface area contributed by atoms with Gasteiger partial charge in [0.05, 0.1) is 19.3 Å². The Kier molecular flexibility index (Phi) is 7.51. The second-order valence-corrected chi connectivity index (χ2v) is 5.94. The van der Waals surface area contributed by atoms with Crippen molar-refractivity contribution in [2.45, 2.75) is 31.6 Å². The molecule has 25 heavy (non-hydrogen) atoms. The third-order valence-corrected chi connectivity index (χ3v) is 4.31. The summed E-state index contributed by atoms with van der Waals surface area (Å²) in [6.45, 7) is 3.42. The Bertz CT molecular complexity index is 601. The van der Waals surface area contributed by atoms with E-state index >= 15 is 0 Å². The van der Waals surface area contributed by atoms with Crippen LogP contribution in [0.5, 0.6) is 0 Å². The molecule has 0 aromatic carbocycles. The molecule has 2 fully saturated rings. The van der Waals surface area contributed by atoms with Crippen molar-refractivity contribution in [2.75, 3.05) is 33.4 Å². The number of guanidine groups is 1. The largest absolute Gasteiger partial charge is 0.454 e. The molecule has 0 spiro atoms. The lowest BCUT2D eigenvalue weighted by Gasteiger charge is -2.37. The van der Waals surface area contributed by atoms with Gasteiger partial charge in [0.1, 0.15) is 11.9 Å². The molecule has 2 unspecified atom stereocenters. The highest BCUT2D eigenvalue weighted by atomic mass is 127. The number of primary amides is 1. The summed E-state index contributed by atoms with van der Waals surface area (Å²) in [5.41, 5.74) is 5.19. The molecule has 8 nitrogen and oxygen atoms in total. The molecule has 0 saturated carbocycles. The van der Waals surface area contributed by atoms with E-state index < -0.39 is 5.91 Å². The standard InChI is InChI=1S/C16H24N4O4.HI/c1-18-16(19-9-11-4-5-13(24-11)15(17)21)20-6-8-23-14(10-20)12-3-2-7-22-12;/h4-5,12,14H,2-3,6-10H2,1H3,(H2,17,21)(H,18,19);1H. The van der Waals surface area contributed by atoms with Crippen molar-refractivity contribution in [1.29, 1.82) is 0 Å². The summed E-state index contributed by atoms with van der Waals surface area (Å²) in [5.74, 6) is 0.997. The van der Waals surface area contributed by atoms with Crippen LogP contribution in [0.2, 0.25) is 0 Å². The van der Waals surface area contributed by atoms with E-state index in [0.717, 1.165) is 38.5 Å². The van der Waals surface area contributed by atoms with Gasteiger partial charge in [-0.05, 0) is 25.0 Å². The Labute approximate surface area is 164 Å². The number of carbonyl (C=O) groups excluding carboxylic acids is 1. The first-order valence-electron chi connectivity index (χ1n) is 8.24. The van der Waals surface area contributed by atoms with E-state index in [0.29, 0.717) is 18.9 Å². The highest BCUT2D eigenvalue weighted by molar-refractivity contribution is 14.0. The van der Waals surface area contributed by atoms with E-state index in [1.54, 1.807) is 19.2 Å². The van der Waals surface area contributed by atoms with Crippen molar-refractivity contribution < 1.29 is 18.7 Å². The Morgan fingerprint density at radius 3 is 2.80 bits per heavy atom. The molecule has 0 aliphatic carbocycles. The zero-order valence-electron chi connectivity index (χ0n) is 14.3. The van der Waals surface area contributed by atoms with Crippen LogP contribution in [0.4, 0.5) is 0 Å². The third-order valence-electron chi connectivity index (χ3n) is 4.31. The molecule has 3 heterocycles. The molecule has 140 valence electrons. The number of furan rings is 1. The maximum atomic E-state index is 11.1. The van der Waals surface area contributed by atoms with E-state index in [4.69, 9.17) is 19.6 Å². The molecule has 0 radical (unpaired) electrons. The first-order valence-corrected chi connectivity index (χ1v) is 8.24. The molecule has 9 heteroatoms. The summed E-state index contributed by atoms with van der Waals surface area (Å²) in [6.07, 6.45) is 2.39. The minimum atomic E-state index is -0.571. The fraction of sp³-hybridized carbons (Fsp3) is 0.625. The lowest BCUT2D eigenvalue weighted by atomic mass is 10.1. The lowest BCUT2D eigenvalue weighted by Crippen LogP contribution is -2.53. The Hall–Kier alpha value is -1.33. The van der Waals surface area contributed by atoms with Gasteiger partial charge in [-0.3, -0.25) is 9.79 Å². The molecule has 2 aliphatic rings. The normalized spacial score (nSPS) is 24.0. The van der Waals surface area contributed by atoms with Gasteiger partial charge in [0.2, 0.25) is 0 Å². The molecule has 2 saturated heterocycles. The number of morpholine rings is 1. The first kappa shape index (κ1) is 20.0. The van der Waals surface area contributed by atoms with Crippen LogP contribution >= 0.6 is 24.0 Å². The van der Waals surface area contributed by atoms with Gasteiger partial charge in [0.25, 0.3) is 5.91 Å². The minimum Gasteiger partial charge on any atom is -0.454 e. The predicted molar refractivity (Wildman–Crippen MR) is 103 cm³/mol. The number of nitrogens with zero attached hydrogens (tertiary/aromatic N) is 2. The number of nitrogens with one attached hydrogen (secondary N) is 1. The quantitative estimate of drug-likeness (QED) is 0.391. The van der Waals surface area contributed by atoms with Crippen molar-refractivity contribution in [3.8, 4) is 0 Å². The van der Waals surface area contributed by atoms with E-state index in [1.807, 2.05) is 0 Å². The number of ether oxygens (including phenoxy) is 2. The molecule has 3 rings (SSSR count). The molecule has 3 N–H and O–H groups in total. The van der Waals surface area contributed by atoms with Gasteiger partial charge >= 0.3 is 0 Å². The number of nitrogens with two attached hydrogens (primary N) is 1. The highest BCUT2D eigenvalue weighted by Gasteiger charge is 2.32. The maximum absolute atomic E-state index is 11.1. The molecular weight excluding hydrogens is 439 g/mol. The average molecular weight is 464 g/mol. The number of carbonyl (C=O) groups is 1. The molecule has 2 aliphatic heterocycles. The molecule has 0 bridgehead atoms. The van der Waals surface area contributed by atoms with Crippen molar-refractivity contribution in [3.05, 3.63) is 23.7 Å². The fourth-order valence-corrected chi connectivity index (χ4v) is 3.09. The number of halogens is 1. The summed E-state index contributed by atoms with van der Waals surface area (Å²) in [5, 5.41) is 3.25. The average Bonchev–Trinajstić information content (AvgIpc) is 3.28. The lowest BCUT2D eigenvalue weighted by molar-refractivity contribution is -0.0817. The maximum Gasteiger partial charge on any atom is 0.284 e. The number of amides is 1. The summed E-state index contributed by atoms with van der Waals surface area (Å²) < 4.78 is 17.0. The van der Waals surface area contributed by atoms with Gasteiger partial charge in [0.15, 0.2) is 11.7 Å². The summed E-state index contributed by atoms with van der Waals surface area (Å²) in [6, 6.07) is 3.30. The van der Waals surface area contributed by atoms with Crippen LogP contribution in [-0.2, 0) is 16.0 Å². The Morgan fingerprint density at radius 2 is 2.16 bits per heavy atom. The monoisotopic (exact) mass is 464 g/mol. The number of hydrogen-bond donors (Lipinski definition) is 2. The SMILES string of the molecule is CN=C(NCc1ccc(C(N)=O)o1)N1CCOC(C2CCCO2)C1.I. The van der Waals surface area contributed by atoms with Crippen LogP contribution in [0.25, 0.3) is 0 Å². The van der Waals surface area contributed by atoms with Crippen molar-refractivity contribution in [3.63, 3.8) is 0 Å². The molecular formula is C16H25IN4O4. The minimum absolute atomic E-state index is 0. The van der Waals surface area contributed by atoms with Gasteiger partial charge in [-0.15, -0.1) is 24.0 Å². The smallest absolute Gasteiger partial charge is 0.284 e. The van der Waals surface area contributed by atoms with Gasteiger partial charge < -0.3 is 29.8 Å². The summed E-state index contributed by atoms with van der Waals surface area (Å²) in [4.78, 5) is 17.6. The zero-order chi connectivity index (χ0) is 16.9. The molecule has 1 amide bonds. The van der Waals surface area contributed by atoms with Crippen molar-refractivity contribution >= 4 is 35.8 Å². The van der Waals surface area contributed by atoms with Gasteiger partial charge in [-0.2, -0.15) is 0 Å². The molecule has 1 aromatic heterocycles. The van der Waals surface area contributed by atoms with Crippen molar-refractivity contribution in [2.24, 2.45) is 10.7 Å². The van der Waals surface area contributed by atoms with E-state index in [9.17, 15) is 4.79 Å². The summed E-state index contributed by atoms with van der Waals surface area (Å²) >= 11 is 0. The second-order valence-electron chi connectivity index (χ2n) is 5.94. The first-order chi connectivity index (χ1) is 11.7. The zero-order valence-corrected chi connectivity index (χ0v) is 16.6. The van der Waals surface area contributed by atoms with Crippen LogP contribution in [0.1, 0.15) is 29.2 Å². The van der Waals surface area contributed by atoms with Crippen LogP contribution in [0.15, 0.2) is 21.5 Å². The van der Waals surface area contributed by atoms with E-state index in [1.165, 1.54) is 0 Å². The van der Waals surface area contributed by atoms with Crippen LogP contribution in [-0.4, -0.2) is 62.3 Å². The predicted octanol–water partition coefficient (Wildman–Crippen LogP) is 0.952. The van der Waals surface area contributed by atoms with Crippen LogP contribution in [0, 0.1) is 0 Å². The second kappa shape index (κ2) is 9.39.